The van der Waals surface area contributed by atoms with Gasteiger partial charge in [0.15, 0.2) is 0 Å². The van der Waals surface area contributed by atoms with E-state index in [4.69, 9.17) is 17.3 Å². The van der Waals surface area contributed by atoms with Gasteiger partial charge in [-0.2, -0.15) is 13.2 Å². The van der Waals surface area contributed by atoms with Gasteiger partial charge in [-0.15, -0.1) is 0 Å². The van der Waals surface area contributed by atoms with E-state index in [0.29, 0.717) is 32.9 Å². The maximum atomic E-state index is 14.6. The standard InChI is InChI=1S/C21H12ClF4N2O/c22-12-7-8-13-17(9-12)28(16-6-2-4-14(18(13)16)20(27)29)10-11-3-1-5-15(19(11)23)21(24,25)26/h1-7,9H,10H2,(H2,27,29). The summed E-state index contributed by atoms with van der Waals surface area (Å²) in [5.74, 6) is -2.00. The quantitative estimate of drug-likeness (QED) is 0.435. The van der Waals surface area contributed by atoms with Gasteiger partial charge in [0.25, 0.3) is 0 Å². The fourth-order valence-electron chi connectivity index (χ4n) is 3.50. The van der Waals surface area contributed by atoms with Crippen LogP contribution in [0.15, 0.2) is 48.5 Å². The summed E-state index contributed by atoms with van der Waals surface area (Å²) in [6.07, 6.45) is -4.81. The molecule has 8 heteroatoms. The van der Waals surface area contributed by atoms with Crippen LogP contribution in [0.1, 0.15) is 21.5 Å². The number of alkyl halides is 3. The van der Waals surface area contributed by atoms with Gasteiger partial charge in [0.05, 0.1) is 23.1 Å². The minimum atomic E-state index is -4.81. The summed E-state index contributed by atoms with van der Waals surface area (Å²) in [6.45, 7) is -0.202. The van der Waals surface area contributed by atoms with E-state index in [1.54, 1.807) is 28.8 Å². The minimum absolute atomic E-state index is 0.150. The molecule has 1 radical (unpaired) electrons. The largest absolute Gasteiger partial charge is 0.419 e. The highest BCUT2D eigenvalue weighted by Gasteiger charge is 2.34. The number of halogens is 5. The van der Waals surface area contributed by atoms with Crippen molar-refractivity contribution in [2.45, 2.75) is 12.7 Å². The normalized spacial score (nSPS) is 12.0. The molecule has 0 spiro atoms. The lowest BCUT2D eigenvalue weighted by Gasteiger charge is -2.13. The third-order valence-corrected chi connectivity index (χ3v) is 4.96. The molecule has 0 aliphatic carbocycles. The number of amides is 1. The van der Waals surface area contributed by atoms with Crippen molar-refractivity contribution >= 4 is 39.3 Å². The van der Waals surface area contributed by atoms with Crippen molar-refractivity contribution in [2.75, 3.05) is 0 Å². The van der Waals surface area contributed by atoms with Gasteiger partial charge in [-0.1, -0.05) is 29.8 Å². The molecule has 1 heterocycles. The first-order chi connectivity index (χ1) is 13.7. The SMILES string of the molecule is NC(=O)c1cccc2c1c1[c]cc(Cl)cc1n2Cc1cccc(C(F)(F)F)c1F. The van der Waals surface area contributed by atoms with Crippen LogP contribution >= 0.6 is 11.6 Å². The summed E-state index contributed by atoms with van der Waals surface area (Å²) in [5.41, 5.74) is 5.23. The van der Waals surface area contributed by atoms with Gasteiger partial charge in [-0.3, -0.25) is 4.79 Å². The van der Waals surface area contributed by atoms with E-state index in [1.807, 2.05) is 0 Å². The fraction of sp³-hybridized carbons (Fsp3) is 0.0952. The molecule has 1 aromatic heterocycles. The van der Waals surface area contributed by atoms with Crippen molar-refractivity contribution in [3.05, 3.63) is 82.1 Å². The summed E-state index contributed by atoms with van der Waals surface area (Å²) < 4.78 is 55.5. The second kappa shape index (κ2) is 6.77. The number of benzene rings is 3. The van der Waals surface area contributed by atoms with Crippen LogP contribution in [0.3, 0.4) is 0 Å². The average molecular weight is 420 g/mol. The number of carbonyl (C=O) groups is 1. The van der Waals surface area contributed by atoms with Crippen molar-refractivity contribution in [3.63, 3.8) is 0 Å². The Morgan fingerprint density at radius 3 is 2.55 bits per heavy atom. The molecule has 0 aliphatic rings. The first-order valence-corrected chi connectivity index (χ1v) is 8.83. The van der Waals surface area contributed by atoms with Crippen molar-refractivity contribution in [3.8, 4) is 0 Å². The van der Waals surface area contributed by atoms with Gasteiger partial charge in [0.1, 0.15) is 5.82 Å². The monoisotopic (exact) mass is 419 g/mol. The van der Waals surface area contributed by atoms with E-state index in [9.17, 15) is 22.4 Å². The molecule has 3 aromatic carbocycles. The van der Waals surface area contributed by atoms with E-state index in [2.05, 4.69) is 6.07 Å². The number of nitrogens with zero attached hydrogens (tertiary/aromatic N) is 1. The van der Waals surface area contributed by atoms with Gasteiger partial charge < -0.3 is 10.3 Å². The summed E-state index contributed by atoms with van der Waals surface area (Å²) in [7, 11) is 0. The zero-order chi connectivity index (χ0) is 20.9. The Morgan fingerprint density at radius 2 is 1.86 bits per heavy atom. The highest BCUT2D eigenvalue weighted by atomic mass is 35.5. The van der Waals surface area contributed by atoms with Crippen LogP contribution in [0.2, 0.25) is 5.02 Å². The Hall–Kier alpha value is -3.06. The molecule has 29 heavy (non-hydrogen) atoms. The molecule has 3 nitrogen and oxygen atoms in total. The summed E-state index contributed by atoms with van der Waals surface area (Å²) >= 11 is 6.08. The maximum absolute atomic E-state index is 14.6. The zero-order valence-electron chi connectivity index (χ0n) is 14.6. The van der Waals surface area contributed by atoms with Crippen molar-refractivity contribution in [2.24, 2.45) is 5.73 Å². The Labute approximate surface area is 167 Å². The third-order valence-electron chi connectivity index (χ3n) is 4.74. The molecule has 0 unspecified atom stereocenters. The van der Waals surface area contributed by atoms with Crippen LogP contribution in [-0.4, -0.2) is 10.5 Å². The van der Waals surface area contributed by atoms with Gasteiger partial charge in [0, 0.05) is 26.9 Å². The van der Waals surface area contributed by atoms with Crippen LogP contribution in [0.5, 0.6) is 0 Å². The molecule has 0 saturated heterocycles. The molecule has 0 bridgehead atoms. The highest BCUT2D eigenvalue weighted by Crippen LogP contribution is 2.36. The van der Waals surface area contributed by atoms with E-state index >= 15 is 0 Å². The molecule has 2 N–H and O–H groups in total. The van der Waals surface area contributed by atoms with Crippen LogP contribution in [-0.2, 0) is 12.7 Å². The van der Waals surface area contributed by atoms with Crippen molar-refractivity contribution in [1.29, 1.82) is 0 Å². The van der Waals surface area contributed by atoms with Gasteiger partial charge in [-0.25, -0.2) is 4.39 Å². The number of rotatable bonds is 3. The number of hydrogen-bond donors (Lipinski definition) is 1. The van der Waals surface area contributed by atoms with Crippen molar-refractivity contribution in [1.82, 2.24) is 4.57 Å². The van der Waals surface area contributed by atoms with Crippen molar-refractivity contribution < 1.29 is 22.4 Å². The summed E-state index contributed by atoms with van der Waals surface area (Å²) in [4.78, 5) is 11.9. The number of carbonyl (C=O) groups excluding carboxylic acids is 1. The predicted molar refractivity (Wildman–Crippen MR) is 102 cm³/mol. The van der Waals surface area contributed by atoms with E-state index < -0.39 is 23.5 Å². The lowest BCUT2D eigenvalue weighted by molar-refractivity contribution is -0.140. The van der Waals surface area contributed by atoms with Gasteiger partial charge in [0.2, 0.25) is 5.91 Å². The summed E-state index contributed by atoms with van der Waals surface area (Å²) in [5, 5.41) is 1.34. The maximum Gasteiger partial charge on any atom is 0.419 e. The zero-order valence-corrected chi connectivity index (χ0v) is 15.4. The molecular formula is C21H12ClF4N2O. The first-order valence-electron chi connectivity index (χ1n) is 8.45. The van der Waals surface area contributed by atoms with Crippen LogP contribution in [0, 0.1) is 11.9 Å². The number of fused-ring (bicyclic) bond motifs is 3. The van der Waals surface area contributed by atoms with E-state index in [1.165, 1.54) is 12.1 Å². The Kier molecular flexibility index (Phi) is 4.50. The number of aromatic nitrogens is 1. The molecule has 1 amide bonds. The lowest BCUT2D eigenvalue weighted by atomic mass is 10.1. The minimum Gasteiger partial charge on any atom is -0.366 e. The highest BCUT2D eigenvalue weighted by molar-refractivity contribution is 6.31. The Morgan fingerprint density at radius 1 is 1.14 bits per heavy atom. The molecule has 4 aromatic rings. The Bertz CT molecular complexity index is 1280. The molecule has 0 fully saturated rings. The van der Waals surface area contributed by atoms with E-state index in [-0.39, 0.29) is 17.7 Å². The van der Waals surface area contributed by atoms with Crippen LogP contribution < -0.4 is 5.73 Å². The molecular weight excluding hydrogens is 408 g/mol. The van der Waals surface area contributed by atoms with Gasteiger partial charge >= 0.3 is 6.18 Å². The topological polar surface area (TPSA) is 48.0 Å². The predicted octanol–water partition coefficient (Wildman–Crippen LogP) is 5.55. The molecule has 0 atom stereocenters. The van der Waals surface area contributed by atoms with Crippen LogP contribution in [0.4, 0.5) is 17.6 Å². The third kappa shape index (κ3) is 3.21. The second-order valence-corrected chi connectivity index (χ2v) is 6.94. The second-order valence-electron chi connectivity index (χ2n) is 6.50. The molecule has 147 valence electrons. The smallest absolute Gasteiger partial charge is 0.366 e. The molecule has 0 saturated carbocycles. The van der Waals surface area contributed by atoms with E-state index in [0.717, 1.165) is 6.07 Å². The average Bonchev–Trinajstić information content (AvgIpc) is 2.95. The number of hydrogen-bond acceptors (Lipinski definition) is 1. The first kappa shape index (κ1) is 19.3. The molecule has 0 aliphatic heterocycles. The number of nitrogens with two attached hydrogens (primary N) is 1. The lowest BCUT2D eigenvalue weighted by Crippen LogP contribution is -2.12. The van der Waals surface area contributed by atoms with Gasteiger partial charge in [-0.05, 0) is 36.4 Å². The summed E-state index contributed by atoms with van der Waals surface area (Å²) in [6, 6.07) is 14.0. The number of primary amides is 1. The molecule has 4 rings (SSSR count). The Balaban J connectivity index is 2.01. The van der Waals surface area contributed by atoms with Crippen LogP contribution in [0.25, 0.3) is 21.8 Å². The fourth-order valence-corrected chi connectivity index (χ4v) is 3.65.